The molecule has 0 spiro atoms. The second-order valence-corrected chi connectivity index (χ2v) is 11.2. The summed E-state index contributed by atoms with van der Waals surface area (Å²) in [6, 6.07) is 15.5. The summed E-state index contributed by atoms with van der Waals surface area (Å²) in [5, 5.41) is 9.78. The van der Waals surface area contributed by atoms with Gasteiger partial charge in [-0.3, -0.25) is 0 Å². The van der Waals surface area contributed by atoms with E-state index >= 15 is 0 Å². The van der Waals surface area contributed by atoms with E-state index in [0.717, 1.165) is 55.3 Å². The fourth-order valence-corrected chi connectivity index (χ4v) is 5.27. The van der Waals surface area contributed by atoms with Gasteiger partial charge in [0, 0.05) is 7.05 Å². The third-order valence-electron chi connectivity index (χ3n) is 7.74. The zero-order valence-corrected chi connectivity index (χ0v) is 23.0. The number of benzene rings is 2. The topological polar surface area (TPSA) is 97.2 Å². The molecule has 7 nitrogen and oxygen atoms in total. The molecule has 2 aromatic carbocycles. The maximum Gasteiger partial charge on any atom is 0.145 e. The van der Waals surface area contributed by atoms with E-state index in [2.05, 4.69) is 30.0 Å². The third-order valence-corrected chi connectivity index (χ3v) is 7.74. The molecule has 0 bridgehead atoms. The van der Waals surface area contributed by atoms with Gasteiger partial charge in [0.25, 0.3) is 0 Å². The van der Waals surface area contributed by atoms with E-state index < -0.39 is 11.0 Å². The van der Waals surface area contributed by atoms with Gasteiger partial charge in [-0.2, -0.15) is 5.26 Å². The number of nitrogens with zero attached hydrogens (tertiary/aromatic N) is 4. The average molecular weight is 514 g/mol. The summed E-state index contributed by atoms with van der Waals surface area (Å²) in [5.74, 6) is 1.64. The zero-order chi connectivity index (χ0) is 27.3. The van der Waals surface area contributed by atoms with E-state index in [4.69, 9.17) is 10.5 Å². The van der Waals surface area contributed by atoms with Gasteiger partial charge in [-0.15, -0.1) is 0 Å². The van der Waals surface area contributed by atoms with Gasteiger partial charge >= 0.3 is 0 Å². The van der Waals surface area contributed by atoms with Crippen molar-refractivity contribution in [1.29, 1.82) is 5.26 Å². The number of rotatable bonds is 13. The molecule has 0 radical (unpaired) electrons. The molecule has 1 heterocycles. The van der Waals surface area contributed by atoms with E-state index in [-0.39, 0.29) is 0 Å². The van der Waals surface area contributed by atoms with Crippen LogP contribution in [-0.2, 0) is 22.8 Å². The Morgan fingerprint density at radius 1 is 1.21 bits per heavy atom. The Hall–Kier alpha value is -3.47. The highest BCUT2D eigenvalue weighted by Gasteiger charge is 2.38. The van der Waals surface area contributed by atoms with Crippen LogP contribution < -0.4 is 10.5 Å². The molecule has 0 aliphatic heterocycles. The first-order valence-electron chi connectivity index (χ1n) is 13.4. The van der Waals surface area contributed by atoms with Crippen LogP contribution in [0, 0.1) is 17.2 Å². The van der Waals surface area contributed by atoms with E-state index in [1.807, 2.05) is 54.9 Å². The Bertz CT molecular complexity index is 1300. The van der Waals surface area contributed by atoms with Crippen molar-refractivity contribution in [1.82, 2.24) is 14.5 Å². The van der Waals surface area contributed by atoms with Crippen molar-refractivity contribution in [2.75, 3.05) is 20.6 Å². The fraction of sp³-hybridized carbons (Fsp3) is 0.452. The Morgan fingerprint density at radius 3 is 2.63 bits per heavy atom. The number of carbonyl (C=O) groups is 1. The van der Waals surface area contributed by atoms with Gasteiger partial charge in [0.15, 0.2) is 0 Å². The first-order valence-corrected chi connectivity index (χ1v) is 13.4. The number of nitrogens with two attached hydrogens (primary N) is 1. The molecular weight excluding hydrogens is 474 g/mol. The summed E-state index contributed by atoms with van der Waals surface area (Å²) in [6.07, 6.45) is 10.7. The highest BCUT2D eigenvalue weighted by Crippen LogP contribution is 2.44. The lowest BCUT2D eigenvalue weighted by Crippen LogP contribution is -2.36. The molecule has 2 N–H and O–H groups in total. The summed E-state index contributed by atoms with van der Waals surface area (Å²) in [5.41, 5.74) is 8.45. The number of nitriles is 1. The van der Waals surface area contributed by atoms with Crippen LogP contribution in [0.25, 0.3) is 0 Å². The van der Waals surface area contributed by atoms with Crippen LogP contribution >= 0.6 is 0 Å². The van der Waals surface area contributed by atoms with Gasteiger partial charge in [0.05, 0.1) is 34.7 Å². The number of aldehydes is 1. The Morgan fingerprint density at radius 2 is 2.00 bits per heavy atom. The van der Waals surface area contributed by atoms with Gasteiger partial charge in [-0.25, -0.2) is 4.98 Å². The molecular formula is C31H39N5O2. The molecule has 1 aliphatic carbocycles. The summed E-state index contributed by atoms with van der Waals surface area (Å²) >= 11 is 0. The summed E-state index contributed by atoms with van der Waals surface area (Å²) in [7, 11) is 6.06. The number of ether oxygens (including phenoxy) is 1. The molecule has 1 fully saturated rings. The molecule has 2 unspecified atom stereocenters. The van der Waals surface area contributed by atoms with E-state index in [1.165, 1.54) is 12.8 Å². The van der Waals surface area contributed by atoms with Crippen molar-refractivity contribution in [3.63, 3.8) is 0 Å². The maximum absolute atomic E-state index is 12.7. The number of unbranched alkanes of at least 4 members (excludes halogenated alkanes) is 1. The second-order valence-electron chi connectivity index (χ2n) is 11.2. The number of carbonyl (C=O) groups excluding carboxylic acids is 1. The first kappa shape index (κ1) is 27.6. The smallest absolute Gasteiger partial charge is 0.145 e. The third kappa shape index (κ3) is 6.15. The molecule has 200 valence electrons. The van der Waals surface area contributed by atoms with E-state index in [1.54, 1.807) is 18.6 Å². The van der Waals surface area contributed by atoms with Crippen LogP contribution in [0.15, 0.2) is 55.0 Å². The van der Waals surface area contributed by atoms with Crippen molar-refractivity contribution in [2.24, 2.45) is 18.7 Å². The van der Waals surface area contributed by atoms with Crippen LogP contribution in [0.4, 0.5) is 0 Å². The number of aromatic nitrogens is 2. The predicted octanol–water partition coefficient (Wildman–Crippen LogP) is 5.27. The summed E-state index contributed by atoms with van der Waals surface area (Å²) in [6.45, 7) is 2.93. The summed E-state index contributed by atoms with van der Waals surface area (Å²) < 4.78 is 8.21. The molecule has 1 saturated carbocycles. The van der Waals surface area contributed by atoms with Crippen LogP contribution in [0.1, 0.15) is 67.8 Å². The highest BCUT2D eigenvalue weighted by atomic mass is 16.5. The number of aryl methyl sites for hydroxylation is 1. The summed E-state index contributed by atoms with van der Waals surface area (Å²) in [4.78, 5) is 19.1. The number of imidazole rings is 1. The lowest BCUT2D eigenvalue weighted by Gasteiger charge is -2.30. The van der Waals surface area contributed by atoms with Crippen LogP contribution in [0.5, 0.6) is 11.5 Å². The molecule has 0 saturated heterocycles. The predicted molar refractivity (Wildman–Crippen MR) is 149 cm³/mol. The van der Waals surface area contributed by atoms with Crippen LogP contribution in [0.2, 0.25) is 0 Å². The molecule has 38 heavy (non-hydrogen) atoms. The van der Waals surface area contributed by atoms with Gasteiger partial charge < -0.3 is 24.7 Å². The standard InChI is InChI=1S/C31H39N5O2/c1-30(33,29-20-34-22-36(29)4)25-13-12-24(19-32)28(17-25)38-27-9-7-8-26(16-27)31(21-37,18-23-10-11-23)14-5-6-15-35(2)3/h7-9,12-13,16-17,20-23H,5-6,10-11,14-15,18,33H2,1-4H3. The molecule has 1 aliphatic rings. The average Bonchev–Trinajstić information content (AvgIpc) is 3.61. The van der Waals surface area contributed by atoms with Crippen molar-refractivity contribution >= 4 is 6.29 Å². The van der Waals surface area contributed by atoms with Gasteiger partial charge in [0.2, 0.25) is 0 Å². The highest BCUT2D eigenvalue weighted by molar-refractivity contribution is 5.69. The Kier molecular flexibility index (Phi) is 8.35. The van der Waals surface area contributed by atoms with Crippen molar-refractivity contribution in [2.45, 2.75) is 56.4 Å². The normalized spacial score (nSPS) is 16.4. The van der Waals surface area contributed by atoms with Crippen LogP contribution in [0.3, 0.4) is 0 Å². The Balaban J connectivity index is 1.63. The Labute approximate surface area is 226 Å². The monoisotopic (exact) mass is 513 g/mol. The minimum absolute atomic E-state index is 0.420. The quantitative estimate of drug-likeness (QED) is 0.247. The van der Waals surface area contributed by atoms with Crippen LogP contribution in [-0.4, -0.2) is 41.4 Å². The molecule has 1 aromatic heterocycles. The van der Waals surface area contributed by atoms with Gasteiger partial charge in [0.1, 0.15) is 23.9 Å². The SMILES string of the molecule is CN(C)CCCCC(C=O)(CC1CC1)c1cccc(Oc2cc(C(C)(N)c3cncn3C)ccc2C#N)c1. The zero-order valence-electron chi connectivity index (χ0n) is 23.0. The minimum atomic E-state index is -0.831. The first-order chi connectivity index (χ1) is 18.2. The van der Waals surface area contributed by atoms with Crippen molar-refractivity contribution < 1.29 is 9.53 Å². The molecule has 3 aromatic rings. The lowest BCUT2D eigenvalue weighted by atomic mass is 9.73. The lowest BCUT2D eigenvalue weighted by molar-refractivity contribution is -0.113. The van der Waals surface area contributed by atoms with E-state index in [0.29, 0.717) is 23.0 Å². The van der Waals surface area contributed by atoms with Gasteiger partial charge in [-0.05, 0) is 88.1 Å². The van der Waals surface area contributed by atoms with Crippen molar-refractivity contribution in [3.8, 4) is 17.6 Å². The van der Waals surface area contributed by atoms with Gasteiger partial charge in [-0.1, -0.05) is 37.5 Å². The fourth-order valence-electron chi connectivity index (χ4n) is 5.27. The molecule has 2 atom stereocenters. The number of hydrogen-bond acceptors (Lipinski definition) is 6. The number of hydrogen-bond donors (Lipinski definition) is 1. The molecule has 7 heteroatoms. The largest absolute Gasteiger partial charge is 0.456 e. The van der Waals surface area contributed by atoms with Crippen molar-refractivity contribution in [3.05, 3.63) is 77.4 Å². The second kappa shape index (κ2) is 11.5. The minimum Gasteiger partial charge on any atom is -0.456 e. The molecule has 4 rings (SSSR count). The maximum atomic E-state index is 12.7. The molecule has 0 amide bonds. The van der Waals surface area contributed by atoms with E-state index in [9.17, 15) is 10.1 Å².